The molecule has 0 saturated heterocycles. The van der Waals surface area contributed by atoms with Crippen molar-refractivity contribution in [1.82, 2.24) is 10.3 Å². The van der Waals surface area contributed by atoms with Crippen molar-refractivity contribution in [3.05, 3.63) is 48.2 Å². The van der Waals surface area contributed by atoms with Crippen LogP contribution in [-0.2, 0) is 17.8 Å². The zero-order valence-electron chi connectivity index (χ0n) is 10.1. The Morgan fingerprint density at radius 2 is 2.22 bits per heavy atom. The van der Waals surface area contributed by atoms with Gasteiger partial charge in [-0.1, -0.05) is 18.2 Å². The van der Waals surface area contributed by atoms with Gasteiger partial charge in [0.25, 0.3) is 0 Å². The quantitative estimate of drug-likeness (QED) is 0.839. The number of carbonyl (C=O) groups excluding carboxylic acids is 1. The highest BCUT2D eigenvalue weighted by Gasteiger charge is 2.06. The summed E-state index contributed by atoms with van der Waals surface area (Å²) in [6.45, 7) is 0.546. The molecule has 5 heteroatoms. The van der Waals surface area contributed by atoms with Crippen molar-refractivity contribution >= 4 is 11.6 Å². The predicted octanol–water partition coefficient (Wildman–Crippen LogP) is 1.58. The van der Waals surface area contributed by atoms with Crippen LogP contribution in [0.2, 0.25) is 0 Å². The Morgan fingerprint density at radius 3 is 2.94 bits per heavy atom. The Morgan fingerprint density at radius 1 is 1.39 bits per heavy atom. The van der Waals surface area contributed by atoms with Gasteiger partial charge in [-0.2, -0.15) is 0 Å². The van der Waals surface area contributed by atoms with Gasteiger partial charge in [-0.05, 0) is 11.6 Å². The van der Waals surface area contributed by atoms with E-state index in [9.17, 15) is 4.79 Å². The number of amides is 1. The Balaban J connectivity index is 2.05. The number of oxazole rings is 1. The summed E-state index contributed by atoms with van der Waals surface area (Å²) in [5.41, 5.74) is 1.88. The first kappa shape index (κ1) is 12.2. The Hall–Kier alpha value is -2.30. The molecule has 0 aliphatic heterocycles. The highest BCUT2D eigenvalue weighted by molar-refractivity contribution is 5.80. The molecule has 1 heterocycles. The number of benzene rings is 1. The Labute approximate surface area is 105 Å². The lowest BCUT2D eigenvalue weighted by atomic mass is 10.1. The molecule has 94 valence electrons. The van der Waals surface area contributed by atoms with E-state index in [1.165, 1.54) is 6.39 Å². The molecule has 0 radical (unpaired) electrons. The average molecular weight is 245 g/mol. The van der Waals surface area contributed by atoms with Crippen LogP contribution in [0.5, 0.6) is 0 Å². The second-order valence-electron chi connectivity index (χ2n) is 3.83. The number of nitrogens with zero attached hydrogens (tertiary/aromatic N) is 1. The van der Waals surface area contributed by atoms with E-state index in [0.717, 1.165) is 17.0 Å². The number of para-hydroxylation sites is 1. The average Bonchev–Trinajstić information content (AvgIpc) is 2.91. The summed E-state index contributed by atoms with van der Waals surface area (Å²) in [6, 6.07) is 7.71. The molecule has 5 nitrogen and oxygen atoms in total. The van der Waals surface area contributed by atoms with E-state index in [0.29, 0.717) is 13.0 Å². The zero-order chi connectivity index (χ0) is 12.8. The lowest BCUT2D eigenvalue weighted by Gasteiger charge is -2.10. The highest BCUT2D eigenvalue weighted by atomic mass is 16.3. The molecule has 2 aromatic rings. The molecular formula is C13H15N3O2. The van der Waals surface area contributed by atoms with E-state index in [1.54, 1.807) is 13.2 Å². The Kier molecular flexibility index (Phi) is 3.96. The first-order valence-corrected chi connectivity index (χ1v) is 5.69. The van der Waals surface area contributed by atoms with Gasteiger partial charge in [0, 0.05) is 12.7 Å². The number of aromatic nitrogens is 1. The largest absolute Gasteiger partial charge is 0.447 e. The monoisotopic (exact) mass is 245 g/mol. The van der Waals surface area contributed by atoms with Gasteiger partial charge in [-0.15, -0.1) is 0 Å². The fraction of sp³-hybridized carbons (Fsp3) is 0.231. The van der Waals surface area contributed by atoms with Crippen LogP contribution in [-0.4, -0.2) is 17.9 Å². The molecule has 0 saturated carbocycles. The van der Waals surface area contributed by atoms with Crippen molar-refractivity contribution in [3.63, 3.8) is 0 Å². The van der Waals surface area contributed by atoms with Crippen LogP contribution in [0.3, 0.4) is 0 Å². The molecule has 1 aromatic heterocycles. The third kappa shape index (κ3) is 3.10. The second-order valence-corrected chi connectivity index (χ2v) is 3.83. The van der Waals surface area contributed by atoms with Gasteiger partial charge in [0.05, 0.1) is 19.2 Å². The molecule has 0 aliphatic rings. The zero-order valence-corrected chi connectivity index (χ0v) is 10.1. The summed E-state index contributed by atoms with van der Waals surface area (Å²) in [4.78, 5) is 15.2. The van der Waals surface area contributed by atoms with Gasteiger partial charge in [-0.3, -0.25) is 4.79 Å². The third-order valence-corrected chi connectivity index (χ3v) is 2.58. The van der Waals surface area contributed by atoms with E-state index in [2.05, 4.69) is 15.6 Å². The van der Waals surface area contributed by atoms with Crippen LogP contribution in [0.15, 0.2) is 41.3 Å². The van der Waals surface area contributed by atoms with E-state index >= 15 is 0 Å². The van der Waals surface area contributed by atoms with Crippen molar-refractivity contribution in [2.24, 2.45) is 0 Å². The van der Waals surface area contributed by atoms with E-state index in [1.807, 2.05) is 24.3 Å². The molecule has 2 N–H and O–H groups in total. The fourth-order valence-electron chi connectivity index (χ4n) is 1.62. The summed E-state index contributed by atoms with van der Waals surface area (Å²) in [5.74, 6) is 0.744. The van der Waals surface area contributed by atoms with Crippen LogP contribution in [0.1, 0.15) is 11.3 Å². The molecular weight excluding hydrogens is 230 g/mol. The lowest BCUT2D eigenvalue weighted by molar-refractivity contribution is -0.119. The summed E-state index contributed by atoms with van der Waals surface area (Å²) in [6.07, 6.45) is 3.41. The van der Waals surface area contributed by atoms with Gasteiger partial charge >= 0.3 is 0 Å². The van der Waals surface area contributed by atoms with Crippen molar-refractivity contribution < 1.29 is 9.21 Å². The summed E-state index contributed by atoms with van der Waals surface area (Å²) in [7, 11) is 1.63. The molecule has 0 bridgehead atoms. The molecule has 0 atom stereocenters. The van der Waals surface area contributed by atoms with Crippen molar-refractivity contribution in [3.8, 4) is 0 Å². The minimum atomic E-state index is -0.0103. The van der Waals surface area contributed by atoms with Gasteiger partial charge in [0.1, 0.15) is 5.76 Å². The summed E-state index contributed by atoms with van der Waals surface area (Å²) in [5, 5.41) is 5.85. The van der Waals surface area contributed by atoms with Crippen LogP contribution < -0.4 is 10.6 Å². The number of hydrogen-bond donors (Lipinski definition) is 2. The molecule has 18 heavy (non-hydrogen) atoms. The molecule has 1 amide bonds. The van der Waals surface area contributed by atoms with Gasteiger partial charge in [-0.25, -0.2) is 4.98 Å². The number of nitrogens with one attached hydrogen (secondary N) is 2. The molecule has 0 fully saturated rings. The smallest absolute Gasteiger partial charge is 0.224 e. The molecule has 0 aliphatic carbocycles. The first-order chi connectivity index (χ1) is 8.79. The molecule has 1 aromatic carbocycles. The first-order valence-electron chi connectivity index (χ1n) is 5.69. The third-order valence-electron chi connectivity index (χ3n) is 2.58. The van der Waals surface area contributed by atoms with Gasteiger partial charge in [0.2, 0.25) is 5.91 Å². The topological polar surface area (TPSA) is 67.2 Å². The van der Waals surface area contributed by atoms with E-state index in [-0.39, 0.29) is 5.91 Å². The maximum Gasteiger partial charge on any atom is 0.224 e. The maximum atomic E-state index is 11.4. The minimum Gasteiger partial charge on any atom is -0.447 e. The number of carbonyl (C=O) groups is 1. The van der Waals surface area contributed by atoms with E-state index in [4.69, 9.17) is 4.42 Å². The van der Waals surface area contributed by atoms with Crippen LogP contribution in [0, 0.1) is 0 Å². The maximum absolute atomic E-state index is 11.4. The number of likely N-dealkylation sites (N-methyl/N-ethyl adjacent to an activating group) is 1. The molecule has 0 spiro atoms. The molecule has 2 rings (SSSR count). The van der Waals surface area contributed by atoms with Gasteiger partial charge in [0.15, 0.2) is 6.39 Å². The highest BCUT2D eigenvalue weighted by Crippen LogP contribution is 2.16. The second kappa shape index (κ2) is 5.86. The fourth-order valence-corrected chi connectivity index (χ4v) is 1.62. The predicted molar refractivity (Wildman–Crippen MR) is 68.0 cm³/mol. The SMILES string of the molecule is CNC(=O)Cc1ccccc1NCc1cnco1. The summed E-state index contributed by atoms with van der Waals surface area (Å²) >= 11 is 0. The number of hydrogen-bond acceptors (Lipinski definition) is 4. The van der Waals surface area contributed by atoms with Gasteiger partial charge < -0.3 is 15.1 Å². The van der Waals surface area contributed by atoms with Crippen LogP contribution >= 0.6 is 0 Å². The number of anilines is 1. The van der Waals surface area contributed by atoms with Crippen LogP contribution in [0.25, 0.3) is 0 Å². The van der Waals surface area contributed by atoms with Crippen molar-refractivity contribution in [2.75, 3.05) is 12.4 Å². The van der Waals surface area contributed by atoms with Crippen molar-refractivity contribution in [1.29, 1.82) is 0 Å². The Bertz CT molecular complexity index is 509. The normalized spacial score (nSPS) is 10.1. The van der Waals surface area contributed by atoms with Crippen molar-refractivity contribution in [2.45, 2.75) is 13.0 Å². The van der Waals surface area contributed by atoms with Crippen LogP contribution in [0.4, 0.5) is 5.69 Å². The molecule has 0 unspecified atom stereocenters. The minimum absolute atomic E-state index is 0.0103. The van der Waals surface area contributed by atoms with E-state index < -0.39 is 0 Å². The number of rotatable bonds is 5. The standard InChI is InChI=1S/C13H15N3O2/c1-14-13(17)6-10-4-2-3-5-12(10)16-8-11-7-15-9-18-11/h2-5,7,9,16H,6,8H2,1H3,(H,14,17). The summed E-state index contributed by atoms with van der Waals surface area (Å²) < 4.78 is 5.14. The lowest BCUT2D eigenvalue weighted by Crippen LogP contribution is -2.20.